The van der Waals surface area contributed by atoms with Gasteiger partial charge < -0.3 is 16.0 Å². The number of amides is 1. The standard InChI is InChI=1S/C16H18FN3O/c1-2-20(15-6-4-3-5-14(15)18)11-16(21)19-13-9-7-12(17)8-10-13/h3-10H,2,11,18H2,1H3,(H,19,21). The Morgan fingerprint density at radius 2 is 1.86 bits per heavy atom. The van der Waals surface area contributed by atoms with Crippen molar-refractivity contribution in [3.05, 3.63) is 54.3 Å². The minimum atomic E-state index is -0.333. The van der Waals surface area contributed by atoms with Crippen molar-refractivity contribution in [3.8, 4) is 0 Å². The molecule has 21 heavy (non-hydrogen) atoms. The Labute approximate surface area is 123 Å². The second kappa shape index (κ2) is 6.74. The summed E-state index contributed by atoms with van der Waals surface area (Å²) in [4.78, 5) is 13.9. The smallest absolute Gasteiger partial charge is 0.243 e. The molecule has 0 aromatic heterocycles. The number of para-hydroxylation sites is 2. The maximum Gasteiger partial charge on any atom is 0.243 e. The highest BCUT2D eigenvalue weighted by atomic mass is 19.1. The highest BCUT2D eigenvalue weighted by Gasteiger charge is 2.12. The number of nitrogens with zero attached hydrogens (tertiary/aromatic N) is 1. The second-order valence-corrected chi connectivity index (χ2v) is 4.63. The zero-order valence-electron chi connectivity index (χ0n) is 11.8. The van der Waals surface area contributed by atoms with Crippen LogP contribution < -0.4 is 16.0 Å². The van der Waals surface area contributed by atoms with Crippen molar-refractivity contribution in [2.24, 2.45) is 0 Å². The molecular formula is C16H18FN3O. The first-order valence-electron chi connectivity index (χ1n) is 6.75. The third kappa shape index (κ3) is 3.95. The zero-order valence-corrected chi connectivity index (χ0v) is 11.8. The van der Waals surface area contributed by atoms with Gasteiger partial charge in [-0.2, -0.15) is 0 Å². The van der Waals surface area contributed by atoms with Crippen LogP contribution >= 0.6 is 0 Å². The fraction of sp³-hybridized carbons (Fsp3) is 0.188. The molecule has 0 heterocycles. The Morgan fingerprint density at radius 3 is 2.48 bits per heavy atom. The molecule has 3 N–H and O–H groups in total. The minimum Gasteiger partial charge on any atom is -0.397 e. The van der Waals surface area contributed by atoms with E-state index in [1.165, 1.54) is 24.3 Å². The van der Waals surface area contributed by atoms with Crippen LogP contribution in [-0.4, -0.2) is 19.0 Å². The van der Waals surface area contributed by atoms with Crippen molar-refractivity contribution >= 4 is 23.0 Å². The largest absolute Gasteiger partial charge is 0.397 e. The Kier molecular flexibility index (Phi) is 4.77. The molecule has 2 aromatic rings. The van der Waals surface area contributed by atoms with E-state index in [-0.39, 0.29) is 18.3 Å². The number of rotatable bonds is 5. The lowest BCUT2D eigenvalue weighted by molar-refractivity contribution is -0.115. The number of hydrogen-bond acceptors (Lipinski definition) is 3. The number of benzene rings is 2. The van der Waals surface area contributed by atoms with Gasteiger partial charge in [0, 0.05) is 12.2 Å². The van der Waals surface area contributed by atoms with Crippen LogP contribution in [0.2, 0.25) is 0 Å². The molecular weight excluding hydrogens is 269 g/mol. The average molecular weight is 287 g/mol. The van der Waals surface area contributed by atoms with Crippen LogP contribution in [0.5, 0.6) is 0 Å². The van der Waals surface area contributed by atoms with Crippen LogP contribution in [0.3, 0.4) is 0 Å². The van der Waals surface area contributed by atoms with E-state index in [1.807, 2.05) is 30.0 Å². The van der Waals surface area contributed by atoms with Gasteiger partial charge in [0.15, 0.2) is 0 Å². The van der Waals surface area contributed by atoms with Crippen molar-refractivity contribution in [2.75, 3.05) is 29.0 Å². The molecule has 0 bridgehead atoms. The van der Waals surface area contributed by atoms with Gasteiger partial charge in [0.2, 0.25) is 5.91 Å². The predicted octanol–water partition coefficient (Wildman–Crippen LogP) is 2.87. The number of anilines is 3. The summed E-state index contributed by atoms with van der Waals surface area (Å²) < 4.78 is 12.8. The molecule has 0 aliphatic heterocycles. The van der Waals surface area contributed by atoms with Crippen LogP contribution in [0.15, 0.2) is 48.5 Å². The molecule has 0 saturated heterocycles. The summed E-state index contributed by atoms with van der Waals surface area (Å²) in [5, 5.41) is 2.74. The number of nitrogen functional groups attached to an aromatic ring is 1. The molecule has 0 aliphatic carbocycles. The summed E-state index contributed by atoms with van der Waals surface area (Å²) in [6.45, 7) is 2.80. The molecule has 0 unspecified atom stereocenters. The lowest BCUT2D eigenvalue weighted by atomic mass is 10.2. The van der Waals surface area contributed by atoms with Crippen molar-refractivity contribution in [2.45, 2.75) is 6.92 Å². The van der Waals surface area contributed by atoms with Gasteiger partial charge in [-0.25, -0.2) is 4.39 Å². The van der Waals surface area contributed by atoms with Crippen LogP contribution in [0.25, 0.3) is 0 Å². The third-order valence-corrected chi connectivity index (χ3v) is 3.12. The van der Waals surface area contributed by atoms with Gasteiger partial charge in [0.1, 0.15) is 5.82 Å². The van der Waals surface area contributed by atoms with E-state index in [0.717, 1.165) is 5.69 Å². The fourth-order valence-electron chi connectivity index (χ4n) is 2.05. The van der Waals surface area contributed by atoms with Crippen LogP contribution in [0.4, 0.5) is 21.5 Å². The predicted molar refractivity (Wildman–Crippen MR) is 83.8 cm³/mol. The summed E-state index contributed by atoms with van der Waals surface area (Å²) in [7, 11) is 0. The lowest BCUT2D eigenvalue weighted by Gasteiger charge is -2.23. The Bertz CT molecular complexity index is 613. The van der Waals surface area contributed by atoms with Gasteiger partial charge in [-0.3, -0.25) is 4.79 Å². The highest BCUT2D eigenvalue weighted by molar-refractivity contribution is 5.94. The number of carbonyl (C=O) groups is 1. The van der Waals surface area contributed by atoms with E-state index < -0.39 is 0 Å². The first-order valence-corrected chi connectivity index (χ1v) is 6.75. The minimum absolute atomic E-state index is 0.174. The second-order valence-electron chi connectivity index (χ2n) is 4.63. The molecule has 110 valence electrons. The molecule has 0 atom stereocenters. The molecule has 0 saturated carbocycles. The zero-order chi connectivity index (χ0) is 15.2. The quantitative estimate of drug-likeness (QED) is 0.831. The molecule has 5 heteroatoms. The topological polar surface area (TPSA) is 58.4 Å². The Balaban J connectivity index is 2.03. The molecule has 0 spiro atoms. The van der Waals surface area contributed by atoms with Crippen LogP contribution in [0.1, 0.15) is 6.92 Å². The van der Waals surface area contributed by atoms with Gasteiger partial charge >= 0.3 is 0 Å². The van der Waals surface area contributed by atoms with Crippen molar-refractivity contribution in [3.63, 3.8) is 0 Å². The summed E-state index contributed by atoms with van der Waals surface area (Å²) in [5.74, 6) is -0.507. The van der Waals surface area contributed by atoms with E-state index in [1.54, 1.807) is 6.07 Å². The summed E-state index contributed by atoms with van der Waals surface area (Å²) >= 11 is 0. The molecule has 0 radical (unpaired) electrons. The van der Waals surface area contributed by atoms with Crippen molar-refractivity contribution in [1.29, 1.82) is 0 Å². The number of nitrogens with one attached hydrogen (secondary N) is 1. The summed E-state index contributed by atoms with van der Waals surface area (Å²) in [6, 6.07) is 13.1. The number of halogens is 1. The average Bonchev–Trinajstić information content (AvgIpc) is 2.48. The number of hydrogen-bond donors (Lipinski definition) is 2. The number of carbonyl (C=O) groups excluding carboxylic acids is 1. The fourth-order valence-corrected chi connectivity index (χ4v) is 2.05. The number of likely N-dealkylation sites (N-methyl/N-ethyl adjacent to an activating group) is 1. The van der Waals surface area contributed by atoms with Gasteiger partial charge in [0.05, 0.1) is 17.9 Å². The molecule has 2 rings (SSSR count). The third-order valence-electron chi connectivity index (χ3n) is 3.12. The van der Waals surface area contributed by atoms with Crippen molar-refractivity contribution in [1.82, 2.24) is 0 Å². The van der Waals surface area contributed by atoms with Gasteiger partial charge in [-0.15, -0.1) is 0 Å². The molecule has 2 aromatic carbocycles. The van der Waals surface area contributed by atoms with E-state index in [9.17, 15) is 9.18 Å². The highest BCUT2D eigenvalue weighted by Crippen LogP contribution is 2.22. The molecule has 0 fully saturated rings. The molecule has 0 aliphatic rings. The first-order chi connectivity index (χ1) is 10.1. The van der Waals surface area contributed by atoms with E-state index in [0.29, 0.717) is 17.9 Å². The number of nitrogens with two attached hydrogens (primary N) is 1. The van der Waals surface area contributed by atoms with Crippen molar-refractivity contribution < 1.29 is 9.18 Å². The Morgan fingerprint density at radius 1 is 1.19 bits per heavy atom. The van der Waals surface area contributed by atoms with Crippen LogP contribution in [0, 0.1) is 5.82 Å². The SMILES string of the molecule is CCN(CC(=O)Nc1ccc(F)cc1)c1ccccc1N. The summed E-state index contributed by atoms with van der Waals surface area (Å²) in [5.41, 5.74) is 7.96. The van der Waals surface area contributed by atoms with E-state index in [2.05, 4.69) is 5.32 Å². The molecule has 1 amide bonds. The van der Waals surface area contributed by atoms with E-state index >= 15 is 0 Å². The maximum atomic E-state index is 12.8. The normalized spacial score (nSPS) is 10.2. The van der Waals surface area contributed by atoms with E-state index in [4.69, 9.17) is 5.73 Å². The lowest BCUT2D eigenvalue weighted by Crippen LogP contribution is -2.33. The van der Waals surface area contributed by atoms with Gasteiger partial charge in [0.25, 0.3) is 0 Å². The first kappa shape index (κ1) is 14.8. The Hall–Kier alpha value is -2.56. The molecule has 4 nitrogen and oxygen atoms in total. The monoisotopic (exact) mass is 287 g/mol. The maximum absolute atomic E-state index is 12.8. The summed E-state index contributed by atoms with van der Waals surface area (Å²) in [6.07, 6.45) is 0. The van der Waals surface area contributed by atoms with Gasteiger partial charge in [-0.1, -0.05) is 12.1 Å². The van der Waals surface area contributed by atoms with Gasteiger partial charge in [-0.05, 0) is 43.3 Å². The van der Waals surface area contributed by atoms with Crippen LogP contribution in [-0.2, 0) is 4.79 Å².